The largest absolute Gasteiger partial charge is 0.497 e. The third-order valence-corrected chi connectivity index (χ3v) is 6.68. The SMILES string of the molecule is COc1ccc(OC)c(C(O)C(C)NC(=O)C23CCC(OC)(CC2)CC3)c1. The van der Waals surface area contributed by atoms with Crippen molar-refractivity contribution >= 4 is 5.91 Å². The van der Waals surface area contributed by atoms with Gasteiger partial charge in [-0.25, -0.2) is 0 Å². The van der Waals surface area contributed by atoms with E-state index in [1.54, 1.807) is 39.5 Å². The standard InChI is InChI=1S/C21H31NO5/c1-14(18(23)16-13-15(25-2)5-6-17(16)26-3)22-19(24)20-7-10-21(27-4,11-8-20)12-9-20/h5-6,13-14,18,23H,7-12H2,1-4H3,(H,22,24). The minimum absolute atomic E-state index is 0.0267. The summed E-state index contributed by atoms with van der Waals surface area (Å²) in [6.07, 6.45) is 4.43. The normalized spacial score (nSPS) is 29.1. The Hall–Kier alpha value is -1.79. The summed E-state index contributed by atoms with van der Waals surface area (Å²) in [5.74, 6) is 1.25. The number of nitrogens with one attached hydrogen (secondary N) is 1. The number of methoxy groups -OCH3 is 3. The van der Waals surface area contributed by atoms with Gasteiger partial charge in [0.25, 0.3) is 0 Å². The monoisotopic (exact) mass is 377 g/mol. The molecule has 0 aliphatic heterocycles. The summed E-state index contributed by atoms with van der Waals surface area (Å²) in [7, 11) is 4.92. The molecule has 0 heterocycles. The maximum atomic E-state index is 13.1. The van der Waals surface area contributed by atoms with Crippen molar-refractivity contribution in [2.45, 2.75) is 63.2 Å². The maximum absolute atomic E-state index is 13.1. The minimum Gasteiger partial charge on any atom is -0.497 e. The molecule has 4 rings (SSSR count). The van der Waals surface area contributed by atoms with Crippen LogP contribution in [0.4, 0.5) is 0 Å². The summed E-state index contributed by atoms with van der Waals surface area (Å²) in [5.41, 5.74) is 0.251. The number of ether oxygens (including phenoxy) is 3. The van der Waals surface area contributed by atoms with Crippen LogP contribution in [-0.2, 0) is 9.53 Å². The first kappa shape index (κ1) is 20.0. The van der Waals surface area contributed by atoms with Crippen molar-refractivity contribution in [3.63, 3.8) is 0 Å². The fourth-order valence-electron chi connectivity index (χ4n) is 4.58. The van der Waals surface area contributed by atoms with Crippen molar-refractivity contribution in [2.75, 3.05) is 21.3 Å². The average molecular weight is 377 g/mol. The second-order valence-electron chi connectivity index (χ2n) is 7.98. The highest BCUT2D eigenvalue weighted by Crippen LogP contribution is 2.53. The van der Waals surface area contributed by atoms with Crippen LogP contribution >= 0.6 is 0 Å². The fourth-order valence-corrected chi connectivity index (χ4v) is 4.58. The van der Waals surface area contributed by atoms with Gasteiger partial charge in [-0.15, -0.1) is 0 Å². The van der Waals surface area contributed by atoms with Gasteiger partial charge in [0.1, 0.15) is 17.6 Å². The zero-order valence-corrected chi connectivity index (χ0v) is 16.7. The summed E-state index contributed by atoms with van der Waals surface area (Å²) in [6, 6.07) is 4.85. The maximum Gasteiger partial charge on any atom is 0.226 e. The average Bonchev–Trinajstić information content (AvgIpc) is 2.73. The Bertz CT molecular complexity index is 665. The van der Waals surface area contributed by atoms with Gasteiger partial charge in [-0.05, 0) is 63.6 Å². The summed E-state index contributed by atoms with van der Waals surface area (Å²) >= 11 is 0. The number of aliphatic hydroxyl groups excluding tert-OH is 1. The van der Waals surface area contributed by atoms with E-state index in [1.165, 1.54) is 0 Å². The highest BCUT2D eigenvalue weighted by Gasteiger charge is 2.52. The van der Waals surface area contributed by atoms with Crippen LogP contribution in [0.1, 0.15) is 57.1 Å². The number of benzene rings is 1. The van der Waals surface area contributed by atoms with Gasteiger partial charge in [-0.3, -0.25) is 4.79 Å². The molecule has 0 radical (unpaired) electrons. The summed E-state index contributed by atoms with van der Waals surface area (Å²) < 4.78 is 16.3. The number of fused-ring (bicyclic) bond motifs is 3. The lowest BCUT2D eigenvalue weighted by Crippen LogP contribution is -2.55. The van der Waals surface area contributed by atoms with Crippen LogP contribution in [0.3, 0.4) is 0 Å². The second kappa shape index (κ2) is 7.68. The van der Waals surface area contributed by atoms with Gasteiger partial charge in [0.2, 0.25) is 5.91 Å². The Morgan fingerprint density at radius 1 is 1.07 bits per heavy atom. The Kier molecular flexibility index (Phi) is 5.68. The molecular weight excluding hydrogens is 346 g/mol. The number of carbonyl (C=O) groups is 1. The molecule has 2 unspecified atom stereocenters. The lowest BCUT2D eigenvalue weighted by atomic mass is 9.58. The van der Waals surface area contributed by atoms with Crippen LogP contribution in [0, 0.1) is 5.41 Å². The Balaban J connectivity index is 1.70. The molecule has 150 valence electrons. The first-order valence-electron chi connectivity index (χ1n) is 9.65. The number of rotatable bonds is 7. The van der Waals surface area contributed by atoms with Gasteiger partial charge in [0, 0.05) is 18.1 Å². The molecule has 6 nitrogen and oxygen atoms in total. The molecule has 3 fully saturated rings. The van der Waals surface area contributed by atoms with E-state index < -0.39 is 12.1 Å². The minimum atomic E-state index is -0.888. The molecule has 1 aromatic carbocycles. The molecule has 2 bridgehead atoms. The molecule has 6 heteroatoms. The van der Waals surface area contributed by atoms with Gasteiger partial charge in [0.05, 0.1) is 25.9 Å². The molecule has 0 spiro atoms. The predicted molar refractivity (Wildman–Crippen MR) is 102 cm³/mol. The Labute approximate surface area is 161 Å². The molecule has 1 aromatic rings. The molecule has 1 amide bonds. The first-order valence-corrected chi connectivity index (χ1v) is 9.65. The molecule has 3 saturated carbocycles. The van der Waals surface area contributed by atoms with E-state index in [1.807, 2.05) is 6.92 Å². The molecular formula is C21H31NO5. The molecule has 0 saturated heterocycles. The Morgan fingerprint density at radius 2 is 1.70 bits per heavy atom. The van der Waals surface area contributed by atoms with Crippen LogP contribution < -0.4 is 14.8 Å². The van der Waals surface area contributed by atoms with E-state index >= 15 is 0 Å². The highest BCUT2D eigenvalue weighted by atomic mass is 16.5. The molecule has 0 aromatic heterocycles. The lowest BCUT2D eigenvalue weighted by Gasteiger charge is -2.51. The van der Waals surface area contributed by atoms with Gasteiger partial charge in [-0.2, -0.15) is 0 Å². The van der Waals surface area contributed by atoms with E-state index in [-0.39, 0.29) is 16.9 Å². The van der Waals surface area contributed by atoms with Crippen molar-refractivity contribution in [1.82, 2.24) is 5.32 Å². The van der Waals surface area contributed by atoms with Crippen LogP contribution in [0.5, 0.6) is 11.5 Å². The zero-order valence-electron chi connectivity index (χ0n) is 16.7. The van der Waals surface area contributed by atoms with Gasteiger partial charge in [-0.1, -0.05) is 0 Å². The topological polar surface area (TPSA) is 77.0 Å². The fraction of sp³-hybridized carbons (Fsp3) is 0.667. The molecule has 27 heavy (non-hydrogen) atoms. The summed E-state index contributed by atoms with van der Waals surface area (Å²) in [4.78, 5) is 13.1. The molecule has 3 aliphatic carbocycles. The number of hydrogen-bond acceptors (Lipinski definition) is 5. The lowest BCUT2D eigenvalue weighted by molar-refractivity contribution is -0.154. The van der Waals surface area contributed by atoms with Crippen LogP contribution in [0.2, 0.25) is 0 Å². The number of amides is 1. The molecule has 2 atom stereocenters. The predicted octanol–water partition coefficient (Wildman–Crippen LogP) is 2.98. The van der Waals surface area contributed by atoms with Crippen molar-refractivity contribution in [2.24, 2.45) is 5.41 Å². The number of hydrogen-bond donors (Lipinski definition) is 2. The molecule has 3 aliphatic rings. The van der Waals surface area contributed by atoms with Gasteiger partial charge >= 0.3 is 0 Å². The molecule has 2 N–H and O–H groups in total. The smallest absolute Gasteiger partial charge is 0.226 e. The van der Waals surface area contributed by atoms with E-state index in [0.29, 0.717) is 17.1 Å². The van der Waals surface area contributed by atoms with Gasteiger partial charge < -0.3 is 24.6 Å². The van der Waals surface area contributed by atoms with Crippen LogP contribution in [0.15, 0.2) is 18.2 Å². The van der Waals surface area contributed by atoms with E-state index in [2.05, 4.69) is 5.32 Å². The van der Waals surface area contributed by atoms with Crippen molar-refractivity contribution < 1.29 is 24.1 Å². The van der Waals surface area contributed by atoms with E-state index in [9.17, 15) is 9.90 Å². The number of aliphatic hydroxyl groups is 1. The van der Waals surface area contributed by atoms with Gasteiger partial charge in [0.15, 0.2) is 0 Å². The van der Waals surface area contributed by atoms with Crippen molar-refractivity contribution in [3.05, 3.63) is 23.8 Å². The zero-order chi connectivity index (χ0) is 19.7. The quantitative estimate of drug-likeness (QED) is 0.764. The van der Waals surface area contributed by atoms with E-state index in [0.717, 1.165) is 38.5 Å². The highest BCUT2D eigenvalue weighted by molar-refractivity contribution is 5.83. The second-order valence-corrected chi connectivity index (χ2v) is 7.98. The Morgan fingerprint density at radius 3 is 2.22 bits per heavy atom. The number of carbonyl (C=O) groups excluding carboxylic acids is 1. The van der Waals surface area contributed by atoms with Crippen LogP contribution in [-0.4, -0.2) is 44.0 Å². The first-order chi connectivity index (χ1) is 12.9. The van der Waals surface area contributed by atoms with E-state index in [4.69, 9.17) is 14.2 Å². The van der Waals surface area contributed by atoms with Crippen molar-refractivity contribution in [1.29, 1.82) is 0 Å². The third-order valence-electron chi connectivity index (χ3n) is 6.68. The summed E-state index contributed by atoms with van der Waals surface area (Å²) in [6.45, 7) is 1.82. The third kappa shape index (κ3) is 3.65. The summed E-state index contributed by atoms with van der Waals surface area (Å²) in [5, 5.41) is 13.9. The van der Waals surface area contributed by atoms with Crippen LogP contribution in [0.25, 0.3) is 0 Å². The van der Waals surface area contributed by atoms with Crippen molar-refractivity contribution in [3.8, 4) is 11.5 Å².